The quantitative estimate of drug-likeness (QED) is 0.828. The number of nitrogens with zero attached hydrogens (tertiary/aromatic N) is 1. The van der Waals surface area contributed by atoms with Crippen molar-refractivity contribution in [1.82, 2.24) is 0 Å². The van der Waals surface area contributed by atoms with Gasteiger partial charge in [0.2, 0.25) is 5.91 Å². The fourth-order valence-corrected chi connectivity index (χ4v) is 2.16. The number of anilines is 2. The van der Waals surface area contributed by atoms with Crippen LogP contribution < -0.4 is 16.0 Å². The first kappa shape index (κ1) is 11.9. The van der Waals surface area contributed by atoms with Crippen LogP contribution in [0.4, 0.5) is 11.4 Å². The number of carbonyl (C=O) groups excluding carboxylic acids is 1. The molecule has 1 aliphatic rings. The average Bonchev–Trinajstić information content (AvgIpc) is 2.53. The van der Waals surface area contributed by atoms with E-state index in [1.165, 1.54) is 0 Å². The van der Waals surface area contributed by atoms with Gasteiger partial charge in [0, 0.05) is 30.5 Å². The monoisotopic (exact) mass is 233 g/mol. The fourth-order valence-electron chi connectivity index (χ4n) is 2.16. The molecule has 4 heteroatoms. The molecule has 0 bridgehead atoms. The van der Waals surface area contributed by atoms with Gasteiger partial charge in [0.05, 0.1) is 6.42 Å². The van der Waals surface area contributed by atoms with E-state index < -0.39 is 0 Å². The van der Waals surface area contributed by atoms with Gasteiger partial charge >= 0.3 is 0 Å². The van der Waals surface area contributed by atoms with Crippen LogP contribution in [-0.2, 0) is 11.2 Å². The molecule has 0 aromatic heterocycles. The molecule has 0 radical (unpaired) electrons. The Morgan fingerprint density at radius 1 is 1.47 bits per heavy atom. The van der Waals surface area contributed by atoms with Crippen LogP contribution >= 0.6 is 0 Å². The number of benzene rings is 1. The Balaban J connectivity index is 2.18. The van der Waals surface area contributed by atoms with Gasteiger partial charge in [-0.05, 0) is 37.6 Å². The second kappa shape index (κ2) is 4.04. The first-order valence-electron chi connectivity index (χ1n) is 5.78. The minimum absolute atomic E-state index is 0.0685. The van der Waals surface area contributed by atoms with Gasteiger partial charge in [0.25, 0.3) is 0 Å². The van der Waals surface area contributed by atoms with Gasteiger partial charge in [0.1, 0.15) is 0 Å². The molecule has 2 rings (SSSR count). The maximum absolute atomic E-state index is 11.3. The minimum atomic E-state index is -0.234. The maximum atomic E-state index is 11.3. The lowest BCUT2D eigenvalue weighted by molar-refractivity contribution is -0.115. The summed E-state index contributed by atoms with van der Waals surface area (Å²) in [4.78, 5) is 13.4. The summed E-state index contributed by atoms with van der Waals surface area (Å²) in [5.41, 5.74) is 8.86. The van der Waals surface area contributed by atoms with Gasteiger partial charge in [-0.15, -0.1) is 0 Å². The predicted molar refractivity (Wildman–Crippen MR) is 70.3 cm³/mol. The summed E-state index contributed by atoms with van der Waals surface area (Å²) < 4.78 is 0. The summed E-state index contributed by atoms with van der Waals surface area (Å²) in [6.45, 7) is 4.77. The Morgan fingerprint density at radius 2 is 2.18 bits per heavy atom. The highest BCUT2D eigenvalue weighted by molar-refractivity contribution is 5.99. The highest BCUT2D eigenvalue weighted by Crippen LogP contribution is 2.27. The van der Waals surface area contributed by atoms with Gasteiger partial charge in [0.15, 0.2) is 0 Å². The van der Waals surface area contributed by atoms with Gasteiger partial charge in [-0.3, -0.25) is 4.79 Å². The second-order valence-electron chi connectivity index (χ2n) is 5.41. The lowest BCUT2D eigenvalue weighted by Gasteiger charge is -2.28. The van der Waals surface area contributed by atoms with Crippen LogP contribution in [0.15, 0.2) is 18.2 Å². The van der Waals surface area contributed by atoms with E-state index in [9.17, 15) is 4.79 Å². The molecule has 0 aliphatic carbocycles. The number of rotatable bonds is 3. The molecular weight excluding hydrogens is 214 g/mol. The Kier molecular flexibility index (Phi) is 2.83. The number of carbonyl (C=O) groups is 1. The standard InChI is InChI=1S/C13H19N3O/c1-13(2,14)8-16(3)10-4-5-11-9(6-10)7-12(17)15-11/h4-6H,7-8,14H2,1-3H3,(H,15,17). The number of hydrogen-bond donors (Lipinski definition) is 2. The fraction of sp³-hybridized carbons (Fsp3) is 0.462. The van der Waals surface area contributed by atoms with E-state index in [-0.39, 0.29) is 11.4 Å². The van der Waals surface area contributed by atoms with Crippen LogP contribution in [0.5, 0.6) is 0 Å². The van der Waals surface area contributed by atoms with Crippen molar-refractivity contribution < 1.29 is 4.79 Å². The molecule has 0 saturated carbocycles. The van der Waals surface area contributed by atoms with Gasteiger partial charge in [-0.2, -0.15) is 0 Å². The normalized spacial score (nSPS) is 14.5. The van der Waals surface area contributed by atoms with Crippen LogP contribution in [0.25, 0.3) is 0 Å². The third-order valence-electron chi connectivity index (χ3n) is 2.80. The predicted octanol–water partition coefficient (Wildman–Crippen LogP) is 1.35. The van der Waals surface area contributed by atoms with E-state index in [0.29, 0.717) is 6.42 Å². The Labute approximate surface area is 102 Å². The van der Waals surface area contributed by atoms with Crippen LogP contribution in [0.3, 0.4) is 0 Å². The van der Waals surface area contributed by atoms with Crippen molar-refractivity contribution in [3.05, 3.63) is 23.8 Å². The molecule has 4 nitrogen and oxygen atoms in total. The summed E-state index contributed by atoms with van der Waals surface area (Å²) in [6.07, 6.45) is 0.475. The highest BCUT2D eigenvalue weighted by atomic mass is 16.1. The van der Waals surface area contributed by atoms with Crippen LogP contribution in [0.1, 0.15) is 19.4 Å². The molecule has 0 fully saturated rings. The zero-order chi connectivity index (χ0) is 12.6. The largest absolute Gasteiger partial charge is 0.373 e. The third kappa shape index (κ3) is 2.77. The molecule has 1 heterocycles. The zero-order valence-electron chi connectivity index (χ0n) is 10.6. The molecule has 0 atom stereocenters. The van der Waals surface area contributed by atoms with Gasteiger partial charge in [-0.25, -0.2) is 0 Å². The Hall–Kier alpha value is -1.55. The molecule has 1 amide bonds. The topological polar surface area (TPSA) is 58.4 Å². The summed E-state index contributed by atoms with van der Waals surface area (Å²) in [7, 11) is 2.01. The van der Waals surface area contributed by atoms with E-state index in [0.717, 1.165) is 23.5 Å². The van der Waals surface area contributed by atoms with Crippen LogP contribution in [0, 0.1) is 0 Å². The first-order valence-corrected chi connectivity index (χ1v) is 5.78. The van der Waals surface area contributed by atoms with E-state index in [1.807, 2.05) is 33.0 Å². The minimum Gasteiger partial charge on any atom is -0.373 e. The van der Waals surface area contributed by atoms with Crippen molar-refractivity contribution in [3.63, 3.8) is 0 Å². The molecule has 0 spiro atoms. The second-order valence-corrected chi connectivity index (χ2v) is 5.41. The summed E-state index contributed by atoms with van der Waals surface area (Å²) in [6, 6.07) is 6.02. The van der Waals surface area contributed by atoms with E-state index in [2.05, 4.69) is 16.3 Å². The molecule has 0 saturated heterocycles. The third-order valence-corrected chi connectivity index (χ3v) is 2.80. The van der Waals surface area contributed by atoms with Crippen LogP contribution in [0.2, 0.25) is 0 Å². The molecular formula is C13H19N3O. The molecule has 92 valence electrons. The van der Waals surface area contributed by atoms with Crippen molar-refractivity contribution in [1.29, 1.82) is 0 Å². The summed E-state index contributed by atoms with van der Waals surface area (Å²) in [5, 5.41) is 2.83. The van der Waals surface area contributed by atoms with Crippen molar-refractivity contribution in [2.75, 3.05) is 23.8 Å². The SMILES string of the molecule is CN(CC(C)(C)N)c1ccc2c(c1)CC(=O)N2. The molecule has 3 N–H and O–H groups in total. The number of nitrogens with two attached hydrogens (primary N) is 1. The summed E-state index contributed by atoms with van der Waals surface area (Å²) in [5.74, 6) is 0.0685. The van der Waals surface area contributed by atoms with E-state index >= 15 is 0 Å². The Bertz CT molecular complexity index is 448. The van der Waals surface area contributed by atoms with Gasteiger partial charge < -0.3 is 16.0 Å². The lowest BCUT2D eigenvalue weighted by Crippen LogP contribution is -2.44. The maximum Gasteiger partial charge on any atom is 0.228 e. The number of amides is 1. The average molecular weight is 233 g/mol. The molecule has 17 heavy (non-hydrogen) atoms. The van der Waals surface area contributed by atoms with Crippen molar-refractivity contribution in [2.45, 2.75) is 25.8 Å². The van der Waals surface area contributed by atoms with E-state index in [1.54, 1.807) is 0 Å². The number of fused-ring (bicyclic) bond motifs is 1. The zero-order valence-corrected chi connectivity index (χ0v) is 10.6. The molecule has 1 aliphatic heterocycles. The van der Waals surface area contributed by atoms with E-state index in [4.69, 9.17) is 5.73 Å². The van der Waals surface area contributed by atoms with Crippen molar-refractivity contribution in [2.24, 2.45) is 5.73 Å². The van der Waals surface area contributed by atoms with Gasteiger partial charge in [-0.1, -0.05) is 0 Å². The first-order chi connectivity index (χ1) is 7.85. The highest BCUT2D eigenvalue weighted by Gasteiger charge is 2.19. The summed E-state index contributed by atoms with van der Waals surface area (Å²) >= 11 is 0. The van der Waals surface area contributed by atoms with Crippen molar-refractivity contribution in [3.8, 4) is 0 Å². The Morgan fingerprint density at radius 3 is 2.82 bits per heavy atom. The number of likely N-dealkylation sites (N-methyl/N-ethyl adjacent to an activating group) is 1. The smallest absolute Gasteiger partial charge is 0.228 e. The number of hydrogen-bond acceptors (Lipinski definition) is 3. The molecule has 0 unspecified atom stereocenters. The number of nitrogens with one attached hydrogen (secondary N) is 1. The van der Waals surface area contributed by atoms with Crippen LogP contribution in [-0.4, -0.2) is 25.0 Å². The molecule has 1 aromatic carbocycles. The lowest BCUT2D eigenvalue weighted by atomic mass is 10.1. The van der Waals surface area contributed by atoms with Crippen molar-refractivity contribution >= 4 is 17.3 Å². The molecule has 1 aromatic rings.